The van der Waals surface area contributed by atoms with Crippen molar-refractivity contribution in [1.82, 2.24) is 0 Å². The summed E-state index contributed by atoms with van der Waals surface area (Å²) < 4.78 is 5.11. The summed E-state index contributed by atoms with van der Waals surface area (Å²) in [5.41, 5.74) is 0.429. The molecule has 0 unspecified atom stereocenters. The number of ether oxygens (including phenoxy) is 1. The van der Waals surface area contributed by atoms with Gasteiger partial charge in [-0.25, -0.2) is 0 Å². The number of rotatable bonds is 5. The third-order valence-electron chi connectivity index (χ3n) is 4.24. The Bertz CT molecular complexity index is 413. The van der Waals surface area contributed by atoms with Gasteiger partial charge in [0.1, 0.15) is 5.75 Å². The molecule has 1 aromatic rings. The number of hydrogen-bond acceptors (Lipinski definition) is 2. The molecule has 0 spiro atoms. The maximum atomic E-state index is 12.5. The zero-order valence-corrected chi connectivity index (χ0v) is 12.8. The zero-order valence-electron chi connectivity index (χ0n) is 12.8. The lowest BCUT2D eigenvalue weighted by atomic mass is 9.70. The predicted molar refractivity (Wildman–Crippen MR) is 79.4 cm³/mol. The number of carbonyl (C=O) groups excluding carboxylic acids is 1. The van der Waals surface area contributed by atoms with Gasteiger partial charge in [0, 0.05) is 5.69 Å². The summed E-state index contributed by atoms with van der Waals surface area (Å²) >= 11 is 0. The highest BCUT2D eigenvalue weighted by Gasteiger charge is 2.39. The van der Waals surface area contributed by atoms with Gasteiger partial charge in [0.05, 0.1) is 12.5 Å². The second-order valence-corrected chi connectivity index (χ2v) is 5.77. The highest BCUT2D eigenvalue weighted by molar-refractivity contribution is 5.95. The standard InChI is InChI=1S/C16H25NO2/c1-11(2)16(5,12(3)4)15(18)17-13-7-9-14(19-6)10-8-13/h7-12H,1-6H3,(H,17,18). The van der Waals surface area contributed by atoms with Crippen LogP contribution in [0.5, 0.6) is 5.75 Å². The van der Waals surface area contributed by atoms with Gasteiger partial charge < -0.3 is 10.1 Å². The molecule has 0 atom stereocenters. The Morgan fingerprint density at radius 1 is 1.11 bits per heavy atom. The Hall–Kier alpha value is -1.51. The molecule has 0 aliphatic rings. The van der Waals surface area contributed by atoms with Crippen molar-refractivity contribution in [2.75, 3.05) is 12.4 Å². The van der Waals surface area contributed by atoms with Crippen molar-refractivity contribution in [2.24, 2.45) is 17.3 Å². The van der Waals surface area contributed by atoms with Gasteiger partial charge in [0.15, 0.2) is 0 Å². The van der Waals surface area contributed by atoms with Crippen molar-refractivity contribution in [3.63, 3.8) is 0 Å². The fraction of sp³-hybridized carbons (Fsp3) is 0.562. The molecule has 106 valence electrons. The van der Waals surface area contributed by atoms with Crippen molar-refractivity contribution in [1.29, 1.82) is 0 Å². The monoisotopic (exact) mass is 263 g/mol. The van der Waals surface area contributed by atoms with E-state index in [0.29, 0.717) is 0 Å². The number of methoxy groups -OCH3 is 1. The van der Waals surface area contributed by atoms with Crippen molar-refractivity contribution >= 4 is 11.6 Å². The number of nitrogens with one attached hydrogen (secondary N) is 1. The summed E-state index contributed by atoms with van der Waals surface area (Å²) in [6, 6.07) is 7.41. The molecule has 1 aromatic carbocycles. The average molecular weight is 263 g/mol. The van der Waals surface area contributed by atoms with Gasteiger partial charge in [-0.3, -0.25) is 4.79 Å². The molecule has 0 heterocycles. The fourth-order valence-electron chi connectivity index (χ4n) is 2.13. The molecule has 0 aliphatic heterocycles. The van der Waals surface area contributed by atoms with Crippen molar-refractivity contribution in [2.45, 2.75) is 34.6 Å². The Kier molecular flexibility index (Phi) is 4.98. The fourth-order valence-corrected chi connectivity index (χ4v) is 2.13. The Morgan fingerprint density at radius 3 is 1.95 bits per heavy atom. The van der Waals surface area contributed by atoms with Crippen molar-refractivity contribution < 1.29 is 9.53 Å². The first-order chi connectivity index (χ1) is 8.82. The molecule has 1 amide bonds. The molecule has 0 aromatic heterocycles. The maximum absolute atomic E-state index is 12.5. The number of carbonyl (C=O) groups is 1. The van der Waals surface area contributed by atoms with Crippen LogP contribution in [0.15, 0.2) is 24.3 Å². The first-order valence-electron chi connectivity index (χ1n) is 6.77. The van der Waals surface area contributed by atoms with E-state index >= 15 is 0 Å². The van der Waals surface area contributed by atoms with Gasteiger partial charge in [-0.2, -0.15) is 0 Å². The molecule has 1 rings (SSSR count). The van der Waals surface area contributed by atoms with Crippen LogP contribution in [0.4, 0.5) is 5.69 Å². The van der Waals surface area contributed by atoms with Gasteiger partial charge in [-0.1, -0.05) is 34.6 Å². The van der Waals surface area contributed by atoms with E-state index in [4.69, 9.17) is 4.74 Å². The lowest BCUT2D eigenvalue weighted by Crippen LogP contribution is -2.42. The van der Waals surface area contributed by atoms with Crippen LogP contribution >= 0.6 is 0 Å². The topological polar surface area (TPSA) is 38.3 Å². The summed E-state index contributed by atoms with van der Waals surface area (Å²) in [4.78, 5) is 12.5. The van der Waals surface area contributed by atoms with Crippen LogP contribution < -0.4 is 10.1 Å². The zero-order chi connectivity index (χ0) is 14.6. The highest BCUT2D eigenvalue weighted by Crippen LogP contribution is 2.36. The average Bonchev–Trinajstić information content (AvgIpc) is 2.37. The summed E-state index contributed by atoms with van der Waals surface area (Å²) in [5.74, 6) is 1.42. The number of benzene rings is 1. The van der Waals surface area contributed by atoms with Crippen LogP contribution in [0.1, 0.15) is 34.6 Å². The van der Waals surface area contributed by atoms with E-state index in [9.17, 15) is 4.79 Å². The molecule has 0 bridgehead atoms. The predicted octanol–water partition coefficient (Wildman–Crippen LogP) is 3.95. The molecule has 0 saturated carbocycles. The van der Waals surface area contributed by atoms with E-state index in [1.165, 1.54) is 0 Å². The van der Waals surface area contributed by atoms with Crippen LogP contribution in [0.2, 0.25) is 0 Å². The van der Waals surface area contributed by atoms with Gasteiger partial charge >= 0.3 is 0 Å². The minimum atomic E-state index is -0.375. The molecule has 0 aliphatic carbocycles. The molecule has 3 nitrogen and oxygen atoms in total. The first-order valence-corrected chi connectivity index (χ1v) is 6.77. The molecule has 1 N–H and O–H groups in total. The van der Waals surface area contributed by atoms with E-state index < -0.39 is 0 Å². The molecule has 19 heavy (non-hydrogen) atoms. The van der Waals surface area contributed by atoms with E-state index in [0.717, 1.165) is 11.4 Å². The largest absolute Gasteiger partial charge is 0.497 e. The maximum Gasteiger partial charge on any atom is 0.230 e. The number of amides is 1. The van der Waals surface area contributed by atoms with Crippen molar-refractivity contribution in [3.05, 3.63) is 24.3 Å². The van der Waals surface area contributed by atoms with Gasteiger partial charge in [-0.15, -0.1) is 0 Å². The second-order valence-electron chi connectivity index (χ2n) is 5.77. The highest BCUT2D eigenvalue weighted by atomic mass is 16.5. The van der Waals surface area contributed by atoms with Crippen LogP contribution in [0.3, 0.4) is 0 Å². The quantitative estimate of drug-likeness (QED) is 0.873. The van der Waals surface area contributed by atoms with Gasteiger partial charge in [0.25, 0.3) is 0 Å². The lowest BCUT2D eigenvalue weighted by Gasteiger charge is -2.36. The number of anilines is 1. The summed E-state index contributed by atoms with van der Waals surface area (Å²) in [6.45, 7) is 10.4. The lowest BCUT2D eigenvalue weighted by molar-refractivity contribution is -0.129. The molecular weight excluding hydrogens is 238 g/mol. The second kappa shape index (κ2) is 6.09. The smallest absolute Gasteiger partial charge is 0.230 e. The summed E-state index contributed by atoms with van der Waals surface area (Å²) in [7, 11) is 1.63. The minimum absolute atomic E-state index is 0.0719. The van der Waals surface area contributed by atoms with E-state index in [2.05, 4.69) is 33.0 Å². The first kappa shape index (κ1) is 15.5. The van der Waals surface area contributed by atoms with Crippen LogP contribution in [0, 0.1) is 17.3 Å². The molecule has 0 saturated heterocycles. The summed E-state index contributed by atoms with van der Waals surface area (Å²) in [5, 5.41) is 3.00. The molecule has 0 fully saturated rings. The number of hydrogen-bond donors (Lipinski definition) is 1. The Balaban J connectivity index is 2.87. The van der Waals surface area contributed by atoms with E-state index in [1.54, 1.807) is 7.11 Å². The van der Waals surface area contributed by atoms with Gasteiger partial charge in [-0.05, 0) is 36.1 Å². The van der Waals surface area contributed by atoms with Crippen molar-refractivity contribution in [3.8, 4) is 5.75 Å². The van der Waals surface area contributed by atoms with Crippen LogP contribution in [-0.4, -0.2) is 13.0 Å². The minimum Gasteiger partial charge on any atom is -0.497 e. The third-order valence-corrected chi connectivity index (χ3v) is 4.24. The molecular formula is C16H25NO2. The summed E-state index contributed by atoms with van der Waals surface area (Å²) in [6.07, 6.45) is 0. The van der Waals surface area contributed by atoms with E-state index in [1.807, 2.05) is 31.2 Å². The van der Waals surface area contributed by atoms with Gasteiger partial charge in [0.2, 0.25) is 5.91 Å². The molecule has 0 radical (unpaired) electrons. The Morgan fingerprint density at radius 2 is 1.58 bits per heavy atom. The SMILES string of the molecule is COc1ccc(NC(=O)C(C)(C(C)C)C(C)C)cc1. The third kappa shape index (κ3) is 3.28. The normalized spacial score (nSPS) is 11.8. The van der Waals surface area contributed by atoms with Crippen LogP contribution in [-0.2, 0) is 4.79 Å². The molecule has 3 heteroatoms. The van der Waals surface area contributed by atoms with E-state index in [-0.39, 0.29) is 23.2 Å². The van der Waals surface area contributed by atoms with Crippen LogP contribution in [0.25, 0.3) is 0 Å². The Labute approximate surface area is 116 Å².